The first-order valence-electron chi connectivity index (χ1n) is 7.29. The molecule has 2 nitrogen and oxygen atoms in total. The summed E-state index contributed by atoms with van der Waals surface area (Å²) in [6, 6.07) is 15.5. The van der Waals surface area contributed by atoms with Gasteiger partial charge in [0.1, 0.15) is 11.9 Å². The van der Waals surface area contributed by atoms with Gasteiger partial charge >= 0.3 is 0 Å². The Balaban J connectivity index is 1.90. The van der Waals surface area contributed by atoms with Crippen molar-refractivity contribution in [1.82, 2.24) is 5.32 Å². The van der Waals surface area contributed by atoms with Gasteiger partial charge in [0.05, 0.1) is 0 Å². The van der Waals surface area contributed by atoms with E-state index in [9.17, 15) is 0 Å². The quantitative estimate of drug-likeness (QED) is 0.843. The molecule has 1 aliphatic heterocycles. The summed E-state index contributed by atoms with van der Waals surface area (Å²) in [5.74, 6) is 1.00. The fraction of sp³-hybridized carbons (Fsp3) is 0.333. The second kappa shape index (κ2) is 6.12. The first kappa shape index (κ1) is 14.5. The van der Waals surface area contributed by atoms with Crippen molar-refractivity contribution < 1.29 is 4.74 Å². The van der Waals surface area contributed by atoms with E-state index in [0.717, 1.165) is 12.2 Å². The van der Waals surface area contributed by atoms with Crippen LogP contribution in [-0.4, -0.2) is 13.3 Å². The van der Waals surface area contributed by atoms with Gasteiger partial charge < -0.3 is 10.1 Å². The minimum Gasteiger partial charge on any atom is -0.485 e. The van der Waals surface area contributed by atoms with Crippen LogP contribution in [0.5, 0.6) is 5.75 Å². The van der Waals surface area contributed by atoms with Crippen molar-refractivity contribution in [3.8, 4) is 5.75 Å². The van der Waals surface area contributed by atoms with Gasteiger partial charge in [0.25, 0.3) is 0 Å². The van der Waals surface area contributed by atoms with Crippen molar-refractivity contribution in [2.24, 2.45) is 0 Å². The highest BCUT2D eigenvalue weighted by Gasteiger charge is 2.28. The van der Waals surface area contributed by atoms with Gasteiger partial charge in [-0.1, -0.05) is 29.8 Å². The average Bonchev–Trinajstić information content (AvgIpc) is 2.54. The minimum atomic E-state index is 0.119. The second-order valence-corrected chi connectivity index (χ2v) is 6.38. The van der Waals surface area contributed by atoms with E-state index < -0.39 is 0 Å². The van der Waals surface area contributed by atoms with Gasteiger partial charge in [0, 0.05) is 22.9 Å². The molecule has 1 aliphatic rings. The molecule has 21 heavy (non-hydrogen) atoms. The molecular formula is C18H21NOS. The monoisotopic (exact) mass is 299 g/mol. The maximum atomic E-state index is 6.23. The fourth-order valence-corrected chi connectivity index (χ4v) is 3.29. The lowest BCUT2D eigenvalue weighted by molar-refractivity contribution is 0.154. The zero-order valence-electron chi connectivity index (χ0n) is 12.7. The summed E-state index contributed by atoms with van der Waals surface area (Å²) in [4.78, 5) is 1.29. The van der Waals surface area contributed by atoms with Crippen molar-refractivity contribution in [3.63, 3.8) is 0 Å². The normalized spacial score (nSPS) is 20.7. The molecule has 0 saturated heterocycles. The van der Waals surface area contributed by atoms with Crippen LogP contribution in [0.25, 0.3) is 0 Å². The lowest BCUT2D eigenvalue weighted by atomic mass is 9.92. The number of ether oxygens (including phenoxy) is 1. The average molecular weight is 299 g/mol. The number of rotatable bonds is 3. The molecule has 1 N–H and O–H groups in total. The highest BCUT2D eigenvalue weighted by molar-refractivity contribution is 7.98. The number of hydrogen-bond acceptors (Lipinski definition) is 3. The summed E-state index contributed by atoms with van der Waals surface area (Å²) in [7, 11) is 2.02. The summed E-state index contributed by atoms with van der Waals surface area (Å²) >= 11 is 1.77. The first-order chi connectivity index (χ1) is 10.2. The summed E-state index contributed by atoms with van der Waals surface area (Å²) in [6.45, 7) is 2.13. The molecule has 3 heteroatoms. The van der Waals surface area contributed by atoms with Crippen molar-refractivity contribution in [2.75, 3.05) is 13.3 Å². The molecule has 2 unspecified atom stereocenters. The van der Waals surface area contributed by atoms with Crippen molar-refractivity contribution in [1.29, 1.82) is 0 Å². The van der Waals surface area contributed by atoms with Crippen molar-refractivity contribution in [2.45, 2.75) is 30.4 Å². The van der Waals surface area contributed by atoms with E-state index in [1.54, 1.807) is 11.8 Å². The first-order valence-corrected chi connectivity index (χ1v) is 8.52. The molecular weight excluding hydrogens is 278 g/mol. The van der Waals surface area contributed by atoms with E-state index in [0.29, 0.717) is 6.04 Å². The summed E-state index contributed by atoms with van der Waals surface area (Å²) in [5, 5.41) is 3.43. The molecule has 2 aromatic carbocycles. The molecule has 2 aromatic rings. The van der Waals surface area contributed by atoms with Crippen LogP contribution in [0.15, 0.2) is 47.4 Å². The molecule has 0 saturated carbocycles. The van der Waals surface area contributed by atoms with Gasteiger partial charge in [-0.15, -0.1) is 11.8 Å². The van der Waals surface area contributed by atoms with Gasteiger partial charge in [-0.3, -0.25) is 0 Å². The Hall–Kier alpha value is -1.45. The number of nitrogens with one attached hydrogen (secondary N) is 1. The van der Waals surface area contributed by atoms with Crippen LogP contribution in [0, 0.1) is 6.92 Å². The van der Waals surface area contributed by atoms with Gasteiger partial charge in [0.2, 0.25) is 0 Å². The Labute approximate surface area is 130 Å². The highest BCUT2D eigenvalue weighted by Crippen LogP contribution is 2.41. The van der Waals surface area contributed by atoms with Gasteiger partial charge in [-0.05, 0) is 44.0 Å². The van der Waals surface area contributed by atoms with Crippen LogP contribution in [0.3, 0.4) is 0 Å². The van der Waals surface area contributed by atoms with E-state index in [2.05, 4.69) is 61.0 Å². The van der Waals surface area contributed by atoms with E-state index >= 15 is 0 Å². The third-order valence-corrected chi connectivity index (χ3v) is 4.84. The molecule has 0 spiro atoms. The summed E-state index contributed by atoms with van der Waals surface area (Å²) < 4.78 is 6.23. The largest absolute Gasteiger partial charge is 0.485 e. The second-order valence-electron chi connectivity index (χ2n) is 5.50. The van der Waals surface area contributed by atoms with Gasteiger partial charge in [-0.25, -0.2) is 0 Å². The van der Waals surface area contributed by atoms with Crippen LogP contribution in [0.2, 0.25) is 0 Å². The van der Waals surface area contributed by atoms with Crippen LogP contribution in [0.4, 0.5) is 0 Å². The Morgan fingerprint density at radius 2 is 1.90 bits per heavy atom. The van der Waals surface area contributed by atoms with E-state index in [1.165, 1.54) is 21.6 Å². The Morgan fingerprint density at radius 3 is 2.57 bits per heavy atom. The predicted molar refractivity (Wildman–Crippen MR) is 89.2 cm³/mol. The zero-order chi connectivity index (χ0) is 14.8. The van der Waals surface area contributed by atoms with Crippen LogP contribution >= 0.6 is 11.8 Å². The zero-order valence-corrected chi connectivity index (χ0v) is 13.5. The number of thioether (sulfide) groups is 1. The maximum absolute atomic E-state index is 6.23. The SMILES string of the molecule is CNC1CC(c2ccc(SC)cc2)Oc2ccc(C)cc21. The fourth-order valence-electron chi connectivity index (χ4n) is 2.89. The lowest BCUT2D eigenvalue weighted by Gasteiger charge is -2.32. The molecule has 3 rings (SSSR count). The number of fused-ring (bicyclic) bond motifs is 1. The molecule has 110 valence electrons. The molecule has 0 amide bonds. The van der Waals surface area contributed by atoms with Crippen LogP contribution in [0.1, 0.15) is 35.3 Å². The molecule has 0 aromatic heterocycles. The molecule has 1 heterocycles. The maximum Gasteiger partial charge on any atom is 0.126 e. The topological polar surface area (TPSA) is 21.3 Å². The number of benzene rings is 2. The van der Waals surface area contributed by atoms with Crippen molar-refractivity contribution in [3.05, 3.63) is 59.2 Å². The summed E-state index contributed by atoms with van der Waals surface area (Å²) in [5.41, 5.74) is 3.80. The Kier molecular flexibility index (Phi) is 4.22. The highest BCUT2D eigenvalue weighted by atomic mass is 32.2. The number of aryl methyl sites for hydroxylation is 1. The predicted octanol–water partition coefficient (Wildman–Crippen LogP) is 4.50. The third-order valence-electron chi connectivity index (χ3n) is 4.10. The van der Waals surface area contributed by atoms with Crippen LogP contribution < -0.4 is 10.1 Å². The van der Waals surface area contributed by atoms with E-state index in [4.69, 9.17) is 4.74 Å². The van der Waals surface area contributed by atoms with Crippen molar-refractivity contribution >= 4 is 11.8 Å². The Bertz CT molecular complexity index is 624. The smallest absolute Gasteiger partial charge is 0.126 e. The molecule has 2 atom stereocenters. The van der Waals surface area contributed by atoms with Gasteiger partial charge in [0.15, 0.2) is 0 Å². The molecule has 0 bridgehead atoms. The van der Waals surface area contributed by atoms with Crippen LogP contribution in [-0.2, 0) is 0 Å². The standard InChI is InChI=1S/C18H21NOS/c1-12-4-9-17-15(10-12)16(19-2)11-18(20-17)13-5-7-14(21-3)8-6-13/h4-10,16,18-19H,11H2,1-3H3. The molecule has 0 radical (unpaired) electrons. The van der Waals surface area contributed by atoms with E-state index in [-0.39, 0.29) is 6.10 Å². The van der Waals surface area contributed by atoms with E-state index in [1.807, 2.05) is 7.05 Å². The Morgan fingerprint density at radius 1 is 1.14 bits per heavy atom. The van der Waals surface area contributed by atoms with Gasteiger partial charge in [-0.2, -0.15) is 0 Å². The molecule has 0 aliphatic carbocycles. The molecule has 0 fully saturated rings. The lowest BCUT2D eigenvalue weighted by Crippen LogP contribution is -2.26. The summed E-state index contributed by atoms with van der Waals surface area (Å²) in [6.07, 6.45) is 3.18. The number of hydrogen-bond donors (Lipinski definition) is 1. The minimum absolute atomic E-state index is 0.119. The third kappa shape index (κ3) is 2.94.